The molecule has 0 spiro atoms. The highest BCUT2D eigenvalue weighted by molar-refractivity contribution is 7.85. The number of aliphatic hydroxyl groups is 1. The average molecular weight is 1520 g/mol. The number of aromatic hydroxyl groups is 1. The lowest BCUT2D eigenvalue weighted by Gasteiger charge is -2.56. The Bertz CT molecular complexity index is 3710. The van der Waals surface area contributed by atoms with E-state index in [-0.39, 0.29) is 86.5 Å². The standard InChI is InChI=1S/C76H115N11O19S/c1-48(2)65(83-68(94)57(80-50(4)89)16-12-13-32-77-64(92)47-106-60-18-11-9-10-17-59-66(60)85-86-87(59)34-36-103-38-40-105-42-41-104-39-37-102-35-27-63(91)78-33-43-107(99,100)101)70(96)79-49(3)67(93)82-58(46-88)69(95)81-53-23-19-51-21-25-61-73(5,55(51)44-53)28-14-30-75(61,7)71(97)84-72(98)76(8)31-15-29-74(6)56-45-54(90)24-20-52(56)22-26-62(74)76/h19-20,23-24,44-45,48-49,57-58,60-62,65,88,90H,9-18,21-22,25-43,46-47H2,1-8H3,(H,77,92)(H,78,91)(H,79,96)(H,80,89)(H,81,95)(H,82,93)(H,83,94)(H,84,97,98)(H,99,100,101)/t49-,57+,58-,60?,61+,62+,65-,73+,74+,75-,76-/m0/s1. The first kappa shape index (κ1) is 85.1. The van der Waals surface area contributed by atoms with Crippen LogP contribution in [0.2, 0.25) is 0 Å². The normalized spacial score (nSPS) is 23.6. The van der Waals surface area contributed by atoms with E-state index in [0.717, 1.165) is 93.0 Å². The van der Waals surface area contributed by atoms with Crippen LogP contribution >= 0.6 is 0 Å². The summed E-state index contributed by atoms with van der Waals surface area (Å²) >= 11 is 0. The van der Waals surface area contributed by atoms with Crippen molar-refractivity contribution in [1.29, 1.82) is 0 Å². The molecule has 2 saturated carbocycles. The summed E-state index contributed by atoms with van der Waals surface area (Å²) in [6, 6.07) is 6.33. The molecular formula is C76H115N11O19S. The van der Waals surface area contributed by atoms with Crippen LogP contribution in [0.4, 0.5) is 5.69 Å². The summed E-state index contributed by atoms with van der Waals surface area (Å²) in [5.74, 6) is -5.57. The summed E-state index contributed by atoms with van der Waals surface area (Å²) in [6.45, 7) is 16.4. The predicted octanol–water partition coefficient (Wildman–Crippen LogP) is 4.53. The molecular weight excluding hydrogens is 1400 g/mol. The first-order chi connectivity index (χ1) is 50.9. The molecule has 3 aromatic rings. The van der Waals surface area contributed by atoms with Crippen LogP contribution in [0, 0.1) is 28.6 Å². The van der Waals surface area contributed by atoms with E-state index in [2.05, 4.69) is 66.7 Å². The Morgan fingerprint density at radius 2 is 1.22 bits per heavy atom. The number of amides is 9. The number of nitrogens with zero attached hydrogens (tertiary/aromatic N) is 3. The molecule has 8 rings (SSSR count). The van der Waals surface area contributed by atoms with Crippen molar-refractivity contribution in [2.24, 2.45) is 28.6 Å². The summed E-state index contributed by atoms with van der Waals surface area (Å²) in [7, 11) is -4.14. The van der Waals surface area contributed by atoms with Crippen molar-refractivity contribution in [2.75, 3.05) is 90.2 Å². The van der Waals surface area contributed by atoms with Gasteiger partial charge in [-0.1, -0.05) is 84.6 Å². The first-order valence-electron chi connectivity index (χ1n) is 38.2. The minimum atomic E-state index is -4.14. The van der Waals surface area contributed by atoms with Crippen molar-refractivity contribution in [3.63, 3.8) is 0 Å². The maximum atomic E-state index is 14.8. The number of aromatic nitrogens is 3. The number of ether oxygens (including phenoxy) is 5. The van der Waals surface area contributed by atoms with Crippen molar-refractivity contribution < 1.29 is 90.0 Å². The summed E-state index contributed by atoms with van der Waals surface area (Å²) in [6.07, 6.45) is 12.2. The van der Waals surface area contributed by atoms with Crippen LogP contribution < -0.4 is 42.5 Å². The molecule has 9 amide bonds. The van der Waals surface area contributed by atoms with E-state index >= 15 is 0 Å². The number of hydrogen-bond donors (Lipinski definition) is 11. The van der Waals surface area contributed by atoms with Gasteiger partial charge in [0.25, 0.3) is 10.1 Å². The van der Waals surface area contributed by atoms with Crippen molar-refractivity contribution in [3.05, 3.63) is 70.0 Å². The van der Waals surface area contributed by atoms with E-state index in [0.29, 0.717) is 96.1 Å². The van der Waals surface area contributed by atoms with Gasteiger partial charge in [-0.3, -0.25) is 53.0 Å². The summed E-state index contributed by atoms with van der Waals surface area (Å²) in [4.78, 5) is 122. The van der Waals surface area contributed by atoms with Crippen molar-refractivity contribution in [3.8, 4) is 5.75 Å². The number of unbranched alkanes of at least 4 members (excludes halogenated alkanes) is 1. The fourth-order valence-corrected chi connectivity index (χ4v) is 17.2. The number of carbonyl (C=O) groups is 9. The van der Waals surface area contributed by atoms with E-state index in [4.69, 9.17) is 28.2 Å². The van der Waals surface area contributed by atoms with Crippen molar-refractivity contribution in [1.82, 2.24) is 52.2 Å². The van der Waals surface area contributed by atoms with Crippen LogP contribution in [0.25, 0.3) is 0 Å². The number of carbonyl (C=O) groups excluding carboxylic acids is 9. The first-order valence-corrected chi connectivity index (χ1v) is 39.8. The lowest BCUT2D eigenvalue weighted by atomic mass is 9.49. The van der Waals surface area contributed by atoms with Crippen LogP contribution in [-0.2, 0) is 114 Å². The maximum absolute atomic E-state index is 14.8. The largest absolute Gasteiger partial charge is 0.508 e. The lowest BCUT2D eigenvalue weighted by molar-refractivity contribution is -0.150. The molecule has 2 aromatic carbocycles. The lowest BCUT2D eigenvalue weighted by Crippen LogP contribution is -2.60. The highest BCUT2D eigenvalue weighted by Gasteiger charge is 2.59. The molecule has 11 N–H and O–H groups in total. The van der Waals surface area contributed by atoms with Gasteiger partial charge in [-0.25, -0.2) is 4.68 Å². The molecule has 1 heterocycles. The summed E-state index contributed by atoms with van der Waals surface area (Å²) in [5.41, 5.74) is 3.85. The van der Waals surface area contributed by atoms with Crippen LogP contribution in [0.15, 0.2) is 36.4 Å². The molecule has 0 bridgehead atoms. The summed E-state index contributed by atoms with van der Waals surface area (Å²) in [5, 5.41) is 51.5. The molecule has 107 heavy (non-hydrogen) atoms. The van der Waals surface area contributed by atoms with Gasteiger partial charge in [0.1, 0.15) is 48.3 Å². The predicted molar refractivity (Wildman–Crippen MR) is 395 cm³/mol. The zero-order valence-corrected chi connectivity index (χ0v) is 64.4. The molecule has 1 unspecified atom stereocenters. The molecule has 2 fully saturated rings. The number of anilines is 1. The molecule has 30 nitrogen and oxygen atoms in total. The second-order valence-corrected chi connectivity index (χ2v) is 32.3. The Morgan fingerprint density at radius 1 is 0.626 bits per heavy atom. The number of fused-ring (bicyclic) bond motifs is 7. The van der Waals surface area contributed by atoms with Crippen LogP contribution in [0.3, 0.4) is 0 Å². The molecule has 0 radical (unpaired) electrons. The molecule has 0 aliphatic heterocycles. The number of rotatable bonds is 39. The molecule has 1 aromatic heterocycles. The van der Waals surface area contributed by atoms with Gasteiger partial charge >= 0.3 is 0 Å². The van der Waals surface area contributed by atoms with E-state index in [9.17, 15) is 61.8 Å². The minimum Gasteiger partial charge on any atom is -0.508 e. The van der Waals surface area contributed by atoms with E-state index < -0.39 is 110 Å². The van der Waals surface area contributed by atoms with Crippen molar-refractivity contribution >= 4 is 69.0 Å². The Labute approximate surface area is 628 Å². The van der Waals surface area contributed by atoms with E-state index in [1.54, 1.807) is 26.0 Å². The fourth-order valence-electron chi connectivity index (χ4n) is 16.9. The van der Waals surface area contributed by atoms with Gasteiger partial charge in [-0.15, -0.1) is 5.10 Å². The molecule has 0 saturated heterocycles. The van der Waals surface area contributed by atoms with Gasteiger partial charge in [0, 0.05) is 32.1 Å². The van der Waals surface area contributed by atoms with Gasteiger partial charge in [0.05, 0.1) is 88.3 Å². The van der Waals surface area contributed by atoms with Gasteiger partial charge < -0.3 is 71.1 Å². The number of phenolic OH excluding ortho intramolecular Hbond substituents is 1. The van der Waals surface area contributed by atoms with Gasteiger partial charge in [-0.05, 0) is 172 Å². The second kappa shape index (κ2) is 39.2. The highest BCUT2D eigenvalue weighted by atomic mass is 32.2. The Morgan fingerprint density at radius 3 is 1.83 bits per heavy atom. The van der Waals surface area contributed by atoms with Crippen LogP contribution in [-0.4, -0.2) is 200 Å². The van der Waals surface area contributed by atoms with Gasteiger partial charge in [-0.2, -0.15) is 8.42 Å². The number of imide groups is 1. The average Bonchev–Trinajstić information content (AvgIpc) is 1.09. The monoisotopic (exact) mass is 1520 g/mol. The van der Waals surface area contributed by atoms with Crippen LogP contribution in [0.5, 0.6) is 5.75 Å². The molecule has 5 aliphatic carbocycles. The second-order valence-electron chi connectivity index (χ2n) is 30.7. The third-order valence-electron chi connectivity index (χ3n) is 22.7. The molecule has 594 valence electrons. The smallest absolute Gasteiger partial charge is 0.266 e. The Hall–Kier alpha value is -7.52. The zero-order valence-electron chi connectivity index (χ0n) is 63.5. The molecule has 5 aliphatic rings. The fraction of sp³-hybridized carbons (Fsp3) is 0.697. The topological polar surface area (TPSA) is 422 Å². The zero-order chi connectivity index (χ0) is 77.7. The number of hydrogen-bond acceptors (Lipinski definition) is 20. The third kappa shape index (κ3) is 22.8. The number of aliphatic hydroxyl groups excluding tert-OH is 1. The Kier molecular flexibility index (Phi) is 31.2. The third-order valence-corrected chi connectivity index (χ3v) is 23.4. The van der Waals surface area contributed by atoms with E-state index in [1.807, 2.05) is 42.8 Å². The number of benzene rings is 2. The van der Waals surface area contributed by atoms with Gasteiger partial charge in [0.2, 0.25) is 53.2 Å². The molecule has 31 heteroatoms. The molecule has 11 atom stereocenters. The minimum absolute atomic E-state index is 0.0250. The van der Waals surface area contributed by atoms with E-state index in [1.165, 1.54) is 19.4 Å². The number of aryl methyl sites for hydroxylation is 2. The van der Waals surface area contributed by atoms with Gasteiger partial charge in [0.15, 0.2) is 0 Å². The summed E-state index contributed by atoms with van der Waals surface area (Å²) < 4.78 is 60.3. The van der Waals surface area contributed by atoms with Crippen LogP contribution in [0.1, 0.15) is 198 Å². The van der Waals surface area contributed by atoms with Crippen molar-refractivity contribution in [2.45, 2.75) is 225 Å². The quantitative estimate of drug-likeness (QED) is 0.0212. The number of nitrogens with one attached hydrogen (secondary N) is 8. The number of phenols is 1. The highest BCUT2D eigenvalue weighted by Crippen LogP contribution is 2.60. The maximum Gasteiger partial charge on any atom is 0.266 e. The SMILES string of the molecule is CC(=O)N[C@H](CCCCNC(=O)COC1CCCCCc2c1nnn2CCOCCOCCOCCOCCC(=O)NCCS(=O)(=O)O)C(=O)N[C@H](C(=O)N[C@@H](C)C(=O)N[C@@H](CO)C(=O)Nc1ccc2c(c1)[C@@]1(C)CCC[C@](C)(C(=O)NC(=O)[C@@]3(C)CCC[C@]4(C)c5cc(O)ccc5CC[C@@H]34)[C@@H]1CC2)C(C)C. The Balaban J connectivity index is 0.732.